The van der Waals surface area contributed by atoms with Gasteiger partial charge < -0.3 is 15.5 Å². The molecule has 0 saturated heterocycles. The number of nitrogen functional groups attached to an aromatic ring is 1. The van der Waals surface area contributed by atoms with E-state index in [-0.39, 0.29) is 0 Å². The van der Waals surface area contributed by atoms with Gasteiger partial charge >= 0.3 is 0 Å². The highest BCUT2D eigenvalue weighted by atomic mass is 16.5. The summed E-state index contributed by atoms with van der Waals surface area (Å²) in [6.07, 6.45) is 6.55. The molecule has 4 N–H and O–H groups in total. The van der Waals surface area contributed by atoms with Crippen molar-refractivity contribution in [1.29, 1.82) is 0 Å². The highest BCUT2D eigenvalue weighted by molar-refractivity contribution is 5.63. The van der Waals surface area contributed by atoms with Crippen molar-refractivity contribution in [3.05, 3.63) is 6.33 Å². The normalized spacial score (nSPS) is 16.8. The van der Waals surface area contributed by atoms with Crippen LogP contribution >= 0.6 is 0 Å². The van der Waals surface area contributed by atoms with Crippen LogP contribution in [0.5, 0.6) is 5.75 Å². The Hall–Kier alpha value is -1.56. The lowest BCUT2D eigenvalue weighted by Crippen LogP contribution is -2.36. The molecule has 0 spiro atoms. The van der Waals surface area contributed by atoms with Crippen molar-refractivity contribution in [3.8, 4) is 5.75 Å². The molecule has 0 atom stereocenters. The van der Waals surface area contributed by atoms with E-state index in [1.54, 1.807) is 7.11 Å². The molecular weight excluding hydrogens is 230 g/mol. The van der Waals surface area contributed by atoms with Gasteiger partial charge in [0, 0.05) is 6.54 Å². The van der Waals surface area contributed by atoms with Crippen molar-refractivity contribution in [2.75, 3.05) is 24.4 Å². The molecule has 100 valence electrons. The number of rotatable bonds is 6. The summed E-state index contributed by atoms with van der Waals surface area (Å²) in [6, 6.07) is 0. The molecule has 0 aliphatic heterocycles. The van der Waals surface area contributed by atoms with E-state index in [1.165, 1.54) is 32.0 Å². The second-order valence-electron chi connectivity index (χ2n) is 4.81. The van der Waals surface area contributed by atoms with Crippen molar-refractivity contribution in [1.82, 2.24) is 9.97 Å². The Labute approximate surface area is 107 Å². The molecule has 1 heterocycles. The average molecular weight is 251 g/mol. The van der Waals surface area contributed by atoms with Gasteiger partial charge in [-0.1, -0.05) is 13.3 Å². The molecule has 1 aromatic rings. The maximum atomic E-state index is 5.39. The Morgan fingerprint density at radius 3 is 2.61 bits per heavy atom. The third kappa shape index (κ3) is 2.33. The largest absolute Gasteiger partial charge is 0.490 e. The van der Waals surface area contributed by atoms with Gasteiger partial charge in [-0.05, 0) is 24.7 Å². The topological polar surface area (TPSA) is 85.1 Å². The van der Waals surface area contributed by atoms with Gasteiger partial charge in [-0.3, -0.25) is 0 Å². The minimum atomic E-state index is 0.423. The van der Waals surface area contributed by atoms with E-state index in [4.69, 9.17) is 10.6 Å². The maximum Gasteiger partial charge on any atom is 0.205 e. The number of ether oxygens (including phenoxy) is 1. The van der Waals surface area contributed by atoms with E-state index in [0.717, 1.165) is 6.54 Å². The zero-order valence-electron chi connectivity index (χ0n) is 11.0. The van der Waals surface area contributed by atoms with Gasteiger partial charge in [0.2, 0.25) is 5.75 Å². The van der Waals surface area contributed by atoms with Crippen molar-refractivity contribution in [2.45, 2.75) is 32.6 Å². The molecule has 1 aromatic heterocycles. The number of hydrazine groups is 1. The molecule has 1 saturated carbocycles. The molecule has 0 aromatic carbocycles. The van der Waals surface area contributed by atoms with E-state index in [2.05, 4.69) is 27.6 Å². The minimum Gasteiger partial charge on any atom is -0.490 e. The Balaban J connectivity index is 2.09. The monoisotopic (exact) mass is 251 g/mol. The molecule has 1 fully saturated rings. The van der Waals surface area contributed by atoms with E-state index >= 15 is 0 Å². The summed E-state index contributed by atoms with van der Waals surface area (Å²) in [5.41, 5.74) is 2.93. The van der Waals surface area contributed by atoms with Gasteiger partial charge in [0.1, 0.15) is 6.33 Å². The van der Waals surface area contributed by atoms with Crippen LogP contribution in [-0.4, -0.2) is 23.6 Å². The number of hydrogen-bond donors (Lipinski definition) is 3. The lowest BCUT2D eigenvalue weighted by atomic mass is 9.67. The van der Waals surface area contributed by atoms with E-state index in [1.807, 2.05) is 0 Å². The molecule has 6 nitrogen and oxygen atoms in total. The highest BCUT2D eigenvalue weighted by Crippen LogP contribution is 2.44. The number of methoxy groups -OCH3 is 1. The summed E-state index contributed by atoms with van der Waals surface area (Å²) in [4.78, 5) is 8.23. The van der Waals surface area contributed by atoms with Gasteiger partial charge in [0.15, 0.2) is 11.6 Å². The Bertz CT molecular complexity index is 400. The van der Waals surface area contributed by atoms with Gasteiger partial charge in [-0.2, -0.15) is 0 Å². The predicted molar refractivity (Wildman–Crippen MR) is 71.5 cm³/mol. The van der Waals surface area contributed by atoms with Crippen molar-refractivity contribution < 1.29 is 4.74 Å². The number of nitrogens with one attached hydrogen (secondary N) is 2. The number of nitrogens with two attached hydrogens (primary N) is 1. The standard InChI is InChI=1S/C12H21N5O/c1-3-12(5-4-6-12)7-14-10-9(18-2)11(17-13)16-8-15-10/h8H,3-7,13H2,1-2H3,(H2,14,15,16,17). The lowest BCUT2D eigenvalue weighted by Gasteiger charge is -2.41. The average Bonchev–Trinajstić information content (AvgIpc) is 2.37. The summed E-state index contributed by atoms with van der Waals surface area (Å²) in [7, 11) is 1.59. The van der Waals surface area contributed by atoms with E-state index < -0.39 is 0 Å². The SMILES string of the molecule is CCC1(CNc2ncnc(NN)c2OC)CCC1. The predicted octanol–water partition coefficient (Wildman–Crippen LogP) is 1.76. The summed E-state index contributed by atoms with van der Waals surface area (Å²) >= 11 is 0. The second-order valence-corrected chi connectivity index (χ2v) is 4.81. The first-order chi connectivity index (χ1) is 8.74. The Morgan fingerprint density at radius 2 is 2.11 bits per heavy atom. The highest BCUT2D eigenvalue weighted by Gasteiger charge is 2.35. The van der Waals surface area contributed by atoms with Gasteiger partial charge in [-0.25, -0.2) is 15.8 Å². The second kappa shape index (κ2) is 5.39. The summed E-state index contributed by atoms with van der Waals surface area (Å²) in [6.45, 7) is 3.16. The number of anilines is 2. The summed E-state index contributed by atoms with van der Waals surface area (Å²) in [5, 5.41) is 3.36. The van der Waals surface area contributed by atoms with Crippen LogP contribution in [0, 0.1) is 5.41 Å². The smallest absolute Gasteiger partial charge is 0.205 e. The molecule has 6 heteroatoms. The molecule has 0 radical (unpaired) electrons. The third-order valence-corrected chi connectivity index (χ3v) is 3.94. The minimum absolute atomic E-state index is 0.423. The van der Waals surface area contributed by atoms with Crippen molar-refractivity contribution in [3.63, 3.8) is 0 Å². The zero-order chi connectivity index (χ0) is 13.0. The molecule has 0 amide bonds. The Morgan fingerprint density at radius 1 is 1.39 bits per heavy atom. The zero-order valence-corrected chi connectivity index (χ0v) is 11.0. The third-order valence-electron chi connectivity index (χ3n) is 3.94. The molecule has 0 bridgehead atoms. The van der Waals surface area contributed by atoms with Crippen LogP contribution in [0.3, 0.4) is 0 Å². The quantitative estimate of drug-likeness (QED) is 0.527. The maximum absolute atomic E-state index is 5.39. The fourth-order valence-corrected chi connectivity index (χ4v) is 2.40. The fourth-order valence-electron chi connectivity index (χ4n) is 2.40. The Kier molecular flexibility index (Phi) is 3.86. The van der Waals surface area contributed by atoms with Gasteiger partial charge in [0.05, 0.1) is 7.11 Å². The first-order valence-corrected chi connectivity index (χ1v) is 6.34. The number of nitrogens with zero attached hydrogens (tertiary/aromatic N) is 2. The van der Waals surface area contributed by atoms with Crippen molar-refractivity contribution in [2.24, 2.45) is 11.3 Å². The first kappa shape index (κ1) is 12.9. The van der Waals surface area contributed by atoms with Crippen LogP contribution < -0.4 is 21.3 Å². The molecule has 0 unspecified atom stereocenters. The lowest BCUT2D eigenvalue weighted by molar-refractivity contribution is 0.144. The van der Waals surface area contributed by atoms with Crippen LogP contribution in [0.1, 0.15) is 32.6 Å². The molecule has 1 aliphatic rings. The summed E-state index contributed by atoms with van der Waals surface area (Å²) in [5.74, 6) is 7.14. The van der Waals surface area contributed by atoms with Gasteiger partial charge in [0.25, 0.3) is 0 Å². The number of aromatic nitrogens is 2. The van der Waals surface area contributed by atoms with Crippen LogP contribution in [0.15, 0.2) is 6.33 Å². The van der Waals surface area contributed by atoms with Crippen LogP contribution in [0.4, 0.5) is 11.6 Å². The van der Waals surface area contributed by atoms with Gasteiger partial charge in [-0.15, -0.1) is 0 Å². The number of hydrogen-bond acceptors (Lipinski definition) is 6. The van der Waals surface area contributed by atoms with E-state index in [0.29, 0.717) is 22.8 Å². The van der Waals surface area contributed by atoms with E-state index in [9.17, 15) is 0 Å². The first-order valence-electron chi connectivity index (χ1n) is 6.34. The fraction of sp³-hybridized carbons (Fsp3) is 0.667. The molecular formula is C12H21N5O. The summed E-state index contributed by atoms with van der Waals surface area (Å²) < 4.78 is 5.29. The molecule has 2 rings (SSSR count). The van der Waals surface area contributed by atoms with Crippen molar-refractivity contribution >= 4 is 11.6 Å². The van der Waals surface area contributed by atoms with Crippen LogP contribution in [0.2, 0.25) is 0 Å². The molecule has 1 aliphatic carbocycles. The van der Waals surface area contributed by atoms with Crippen LogP contribution in [0.25, 0.3) is 0 Å². The van der Waals surface area contributed by atoms with Crippen LogP contribution in [-0.2, 0) is 0 Å². The molecule has 18 heavy (non-hydrogen) atoms.